The third-order valence-electron chi connectivity index (χ3n) is 3.45. The molecule has 2 aromatic carbocycles. The van der Waals surface area contributed by atoms with Gasteiger partial charge in [0.2, 0.25) is 0 Å². The Morgan fingerprint density at radius 1 is 1.05 bits per heavy atom. The van der Waals surface area contributed by atoms with Gasteiger partial charge in [-0.2, -0.15) is 0 Å². The van der Waals surface area contributed by atoms with Crippen LogP contribution in [0, 0.1) is 20.8 Å². The highest BCUT2D eigenvalue weighted by molar-refractivity contribution is 5.46. The normalized spacial score (nSPS) is 10.5. The van der Waals surface area contributed by atoms with Crippen molar-refractivity contribution in [3.63, 3.8) is 0 Å². The van der Waals surface area contributed by atoms with Crippen molar-refractivity contribution in [3.8, 4) is 5.75 Å². The Hall–Kier alpha value is -1.96. The largest absolute Gasteiger partial charge is 0.493 e. The molecule has 2 N–H and O–H groups in total. The molecule has 0 heterocycles. The highest BCUT2D eigenvalue weighted by Gasteiger charge is 2.04. The second-order valence-electron chi connectivity index (χ2n) is 5.00. The number of rotatable bonds is 4. The number of aryl methyl sites for hydroxylation is 2. The van der Waals surface area contributed by atoms with E-state index in [1.54, 1.807) is 0 Å². The smallest absolute Gasteiger partial charge is 0.122 e. The molecule has 0 aliphatic carbocycles. The van der Waals surface area contributed by atoms with Gasteiger partial charge >= 0.3 is 0 Å². The van der Waals surface area contributed by atoms with Crippen LogP contribution in [0.3, 0.4) is 0 Å². The van der Waals surface area contributed by atoms with Crippen LogP contribution in [-0.2, 0) is 6.42 Å². The lowest BCUT2D eigenvalue weighted by Gasteiger charge is -2.13. The molecule has 0 radical (unpaired) electrons. The first-order valence-electron chi connectivity index (χ1n) is 6.62. The highest BCUT2D eigenvalue weighted by atomic mass is 16.5. The number of para-hydroxylation sites is 1. The molecule has 0 unspecified atom stereocenters. The van der Waals surface area contributed by atoms with Crippen LogP contribution in [0.15, 0.2) is 36.4 Å². The van der Waals surface area contributed by atoms with Crippen LogP contribution in [0.25, 0.3) is 0 Å². The van der Waals surface area contributed by atoms with Crippen LogP contribution in [-0.4, -0.2) is 6.61 Å². The Kier molecular flexibility index (Phi) is 4.10. The SMILES string of the molecule is Cc1cc(C)c(C)c(OCCc2ccccc2N)c1. The quantitative estimate of drug-likeness (QED) is 0.843. The molecule has 2 aromatic rings. The van der Waals surface area contributed by atoms with E-state index in [-0.39, 0.29) is 0 Å². The van der Waals surface area contributed by atoms with Crippen molar-refractivity contribution >= 4 is 5.69 Å². The average Bonchev–Trinajstić information content (AvgIpc) is 2.37. The molecule has 0 aromatic heterocycles. The number of benzene rings is 2. The molecule has 19 heavy (non-hydrogen) atoms. The number of nitrogens with two attached hydrogens (primary N) is 1. The zero-order valence-electron chi connectivity index (χ0n) is 11.9. The molecule has 0 saturated carbocycles. The summed E-state index contributed by atoms with van der Waals surface area (Å²) in [5, 5.41) is 0. The third kappa shape index (κ3) is 3.28. The molecule has 2 nitrogen and oxygen atoms in total. The summed E-state index contributed by atoms with van der Waals surface area (Å²) in [4.78, 5) is 0. The van der Waals surface area contributed by atoms with Gasteiger partial charge in [-0.25, -0.2) is 0 Å². The van der Waals surface area contributed by atoms with Crippen LogP contribution < -0.4 is 10.5 Å². The van der Waals surface area contributed by atoms with Crippen LogP contribution in [0.5, 0.6) is 5.75 Å². The first-order valence-corrected chi connectivity index (χ1v) is 6.62. The summed E-state index contributed by atoms with van der Waals surface area (Å²) in [7, 11) is 0. The van der Waals surface area contributed by atoms with Gasteiger partial charge in [-0.1, -0.05) is 24.3 Å². The lowest BCUT2D eigenvalue weighted by atomic mass is 10.1. The molecular weight excluding hydrogens is 234 g/mol. The van der Waals surface area contributed by atoms with Crippen LogP contribution >= 0.6 is 0 Å². The van der Waals surface area contributed by atoms with Gasteiger partial charge in [0, 0.05) is 12.1 Å². The summed E-state index contributed by atoms with van der Waals surface area (Å²) < 4.78 is 5.90. The van der Waals surface area contributed by atoms with E-state index < -0.39 is 0 Å². The zero-order chi connectivity index (χ0) is 13.8. The minimum Gasteiger partial charge on any atom is -0.493 e. The van der Waals surface area contributed by atoms with E-state index in [4.69, 9.17) is 10.5 Å². The Balaban J connectivity index is 2.02. The molecular formula is C17H21NO. The van der Waals surface area contributed by atoms with Crippen molar-refractivity contribution < 1.29 is 4.74 Å². The van der Waals surface area contributed by atoms with Gasteiger partial charge in [-0.15, -0.1) is 0 Å². The standard InChI is InChI=1S/C17H21NO/c1-12-10-13(2)14(3)17(11-12)19-9-8-15-6-4-5-7-16(15)18/h4-7,10-11H,8-9,18H2,1-3H3. The van der Waals surface area contributed by atoms with E-state index in [2.05, 4.69) is 32.9 Å². The third-order valence-corrected chi connectivity index (χ3v) is 3.45. The molecule has 0 saturated heterocycles. The zero-order valence-corrected chi connectivity index (χ0v) is 11.9. The Morgan fingerprint density at radius 2 is 1.79 bits per heavy atom. The molecule has 0 amide bonds. The van der Waals surface area contributed by atoms with Crippen LogP contribution in [0.1, 0.15) is 22.3 Å². The second-order valence-corrected chi connectivity index (χ2v) is 5.00. The van der Waals surface area contributed by atoms with Crippen molar-refractivity contribution in [2.45, 2.75) is 27.2 Å². The molecule has 0 atom stereocenters. The lowest BCUT2D eigenvalue weighted by molar-refractivity contribution is 0.319. The Labute approximate surface area is 115 Å². The number of anilines is 1. The first kappa shape index (κ1) is 13.5. The fraction of sp³-hybridized carbons (Fsp3) is 0.294. The minimum atomic E-state index is 0.651. The van der Waals surface area contributed by atoms with Crippen molar-refractivity contribution in [2.24, 2.45) is 0 Å². The van der Waals surface area contributed by atoms with Gasteiger partial charge in [0.05, 0.1) is 6.61 Å². The van der Waals surface area contributed by atoms with Crippen LogP contribution in [0.4, 0.5) is 5.69 Å². The number of hydrogen-bond donors (Lipinski definition) is 1. The minimum absolute atomic E-state index is 0.651. The molecule has 0 aliphatic rings. The molecule has 0 spiro atoms. The monoisotopic (exact) mass is 255 g/mol. The Morgan fingerprint density at radius 3 is 2.53 bits per heavy atom. The van der Waals surface area contributed by atoms with E-state index >= 15 is 0 Å². The van der Waals surface area contributed by atoms with Gasteiger partial charge in [0.1, 0.15) is 5.75 Å². The maximum absolute atomic E-state index is 5.92. The number of nitrogen functional groups attached to an aromatic ring is 1. The van der Waals surface area contributed by atoms with E-state index in [1.807, 2.05) is 24.3 Å². The van der Waals surface area contributed by atoms with Crippen LogP contribution in [0.2, 0.25) is 0 Å². The van der Waals surface area contributed by atoms with Gasteiger partial charge in [0.15, 0.2) is 0 Å². The van der Waals surface area contributed by atoms with E-state index in [0.717, 1.165) is 23.4 Å². The molecule has 100 valence electrons. The molecule has 2 heteroatoms. The summed E-state index contributed by atoms with van der Waals surface area (Å²) in [6, 6.07) is 12.2. The first-order chi connectivity index (χ1) is 9.08. The van der Waals surface area contributed by atoms with E-state index in [1.165, 1.54) is 16.7 Å². The maximum Gasteiger partial charge on any atom is 0.122 e. The molecule has 0 aliphatic heterocycles. The predicted molar refractivity (Wildman–Crippen MR) is 80.7 cm³/mol. The summed E-state index contributed by atoms with van der Waals surface area (Å²) in [6.45, 7) is 6.96. The number of ether oxygens (including phenoxy) is 1. The van der Waals surface area contributed by atoms with Gasteiger partial charge in [0.25, 0.3) is 0 Å². The topological polar surface area (TPSA) is 35.2 Å². The molecule has 0 bridgehead atoms. The van der Waals surface area contributed by atoms with Gasteiger partial charge in [-0.3, -0.25) is 0 Å². The second kappa shape index (κ2) is 5.79. The van der Waals surface area contributed by atoms with E-state index in [9.17, 15) is 0 Å². The van der Waals surface area contributed by atoms with Gasteiger partial charge in [-0.05, 0) is 55.2 Å². The van der Waals surface area contributed by atoms with Crippen molar-refractivity contribution in [2.75, 3.05) is 12.3 Å². The average molecular weight is 255 g/mol. The van der Waals surface area contributed by atoms with Crippen molar-refractivity contribution in [1.82, 2.24) is 0 Å². The van der Waals surface area contributed by atoms with Crippen molar-refractivity contribution in [3.05, 3.63) is 58.7 Å². The Bertz CT molecular complexity index is 575. The van der Waals surface area contributed by atoms with Gasteiger partial charge < -0.3 is 10.5 Å². The summed E-state index contributed by atoms with van der Waals surface area (Å²) in [5.41, 5.74) is 11.6. The highest BCUT2D eigenvalue weighted by Crippen LogP contribution is 2.23. The summed E-state index contributed by atoms with van der Waals surface area (Å²) in [6.07, 6.45) is 0.832. The maximum atomic E-state index is 5.92. The molecule has 2 rings (SSSR count). The predicted octanol–water partition coefficient (Wildman–Crippen LogP) is 3.82. The fourth-order valence-electron chi connectivity index (χ4n) is 2.18. The number of hydrogen-bond acceptors (Lipinski definition) is 2. The van der Waals surface area contributed by atoms with Crippen molar-refractivity contribution in [1.29, 1.82) is 0 Å². The lowest BCUT2D eigenvalue weighted by Crippen LogP contribution is -2.05. The fourth-order valence-corrected chi connectivity index (χ4v) is 2.18. The van der Waals surface area contributed by atoms with E-state index in [0.29, 0.717) is 6.61 Å². The summed E-state index contributed by atoms with van der Waals surface area (Å²) in [5.74, 6) is 0.979. The molecule has 0 fully saturated rings. The summed E-state index contributed by atoms with van der Waals surface area (Å²) >= 11 is 0.